The third kappa shape index (κ3) is 6.26. The van der Waals surface area contributed by atoms with Crippen LogP contribution in [0, 0.1) is 0 Å². The van der Waals surface area contributed by atoms with Gasteiger partial charge in [0.1, 0.15) is 5.82 Å². The molecule has 41 heavy (non-hydrogen) atoms. The van der Waals surface area contributed by atoms with Gasteiger partial charge in [-0.2, -0.15) is 0 Å². The Morgan fingerprint density at radius 1 is 1.07 bits per heavy atom. The number of unbranched alkanes of at least 4 members (excludes halogenated alkanes) is 2. The molecule has 212 valence electrons. The first-order chi connectivity index (χ1) is 20.0. The first-order valence-corrected chi connectivity index (χ1v) is 14.2. The van der Waals surface area contributed by atoms with E-state index >= 15 is 0 Å². The maximum Gasteiger partial charge on any atom is 0.264 e. The highest BCUT2D eigenvalue weighted by Gasteiger charge is 2.32. The van der Waals surface area contributed by atoms with E-state index in [2.05, 4.69) is 27.0 Å². The van der Waals surface area contributed by atoms with E-state index in [4.69, 9.17) is 15.5 Å². The zero-order valence-electron chi connectivity index (χ0n) is 23.5. The Morgan fingerprint density at radius 2 is 1.85 bits per heavy atom. The van der Waals surface area contributed by atoms with Crippen LogP contribution in [0.25, 0.3) is 17.2 Å². The molecule has 0 atom stereocenters. The molecule has 1 fully saturated rings. The summed E-state index contributed by atoms with van der Waals surface area (Å²) in [6, 6.07) is 11.2. The van der Waals surface area contributed by atoms with Gasteiger partial charge in [-0.3, -0.25) is 9.78 Å². The minimum atomic E-state index is -0.140. The fourth-order valence-electron chi connectivity index (χ4n) is 4.90. The number of ether oxygens (including phenoxy) is 1. The largest absolute Gasteiger partial charge is 0.491 e. The van der Waals surface area contributed by atoms with Gasteiger partial charge >= 0.3 is 0 Å². The van der Waals surface area contributed by atoms with Crippen molar-refractivity contribution in [2.24, 2.45) is 10.9 Å². The molecule has 0 bridgehead atoms. The summed E-state index contributed by atoms with van der Waals surface area (Å²) in [7, 11) is 0. The lowest BCUT2D eigenvalue weighted by Crippen LogP contribution is -2.30. The van der Waals surface area contributed by atoms with Crippen LogP contribution in [0.1, 0.15) is 80.1 Å². The zero-order chi connectivity index (χ0) is 28.8. The van der Waals surface area contributed by atoms with Crippen LogP contribution in [-0.4, -0.2) is 42.2 Å². The number of nitrogens with zero attached hydrogens (tertiary/aromatic N) is 6. The van der Waals surface area contributed by atoms with Gasteiger partial charge in [0.05, 0.1) is 30.4 Å². The Labute approximate surface area is 239 Å². The van der Waals surface area contributed by atoms with Crippen molar-refractivity contribution in [3.05, 3.63) is 93.6 Å². The summed E-state index contributed by atoms with van der Waals surface area (Å²) in [6.07, 6.45) is 11.2. The van der Waals surface area contributed by atoms with Crippen molar-refractivity contribution in [2.75, 3.05) is 6.61 Å². The van der Waals surface area contributed by atoms with E-state index in [0.717, 1.165) is 61.2 Å². The Balaban J connectivity index is 1.54. The average molecular weight is 554 g/mol. The van der Waals surface area contributed by atoms with Crippen LogP contribution in [0.3, 0.4) is 0 Å². The van der Waals surface area contributed by atoms with Crippen LogP contribution in [-0.2, 0) is 12.8 Å². The number of hydrogen-bond donors (Lipinski definition) is 2. The predicted octanol–water partition coefficient (Wildman–Crippen LogP) is 4.78. The van der Waals surface area contributed by atoms with Crippen molar-refractivity contribution in [2.45, 2.75) is 64.7 Å². The molecule has 1 aliphatic rings. The molecule has 0 aliphatic heterocycles. The summed E-state index contributed by atoms with van der Waals surface area (Å²) in [5.41, 5.74) is 10.1. The quantitative estimate of drug-likeness (QED) is 0.0839. The maximum absolute atomic E-state index is 14.2. The SMILES string of the molecule is CCCCCc1nc(C2CC2)n(-c2ncc(OCC)cn2)c(=O)c1Cc1ccc(-c2ccccc2C(N)=NO)nc1. The van der Waals surface area contributed by atoms with Gasteiger partial charge in [-0.15, -0.1) is 0 Å². The Morgan fingerprint density at radius 3 is 2.51 bits per heavy atom. The molecule has 0 saturated heterocycles. The summed E-state index contributed by atoms with van der Waals surface area (Å²) in [4.78, 5) is 32.8. The fourth-order valence-corrected chi connectivity index (χ4v) is 4.90. The van der Waals surface area contributed by atoms with Crippen LogP contribution in [0.5, 0.6) is 5.75 Å². The van der Waals surface area contributed by atoms with Crippen molar-refractivity contribution in [3.63, 3.8) is 0 Å². The van der Waals surface area contributed by atoms with Gasteiger partial charge in [-0.25, -0.2) is 19.5 Å². The number of aryl methyl sites for hydroxylation is 1. The highest BCUT2D eigenvalue weighted by Crippen LogP contribution is 2.39. The van der Waals surface area contributed by atoms with Gasteiger partial charge in [0.15, 0.2) is 11.6 Å². The second-order valence-electron chi connectivity index (χ2n) is 10.2. The van der Waals surface area contributed by atoms with E-state index in [1.54, 1.807) is 29.2 Å². The third-order valence-corrected chi connectivity index (χ3v) is 7.17. The van der Waals surface area contributed by atoms with Crippen molar-refractivity contribution in [1.82, 2.24) is 24.5 Å². The molecule has 3 N–H and O–H groups in total. The molecule has 0 unspecified atom stereocenters. The number of hydrogen-bond acceptors (Lipinski definition) is 8. The minimum absolute atomic E-state index is 0.0158. The Bertz CT molecular complexity index is 1580. The Hall–Kier alpha value is -4.60. The fraction of sp³-hybridized carbons (Fsp3) is 0.355. The topological polar surface area (TPSA) is 141 Å². The van der Waals surface area contributed by atoms with Gasteiger partial charge in [0.2, 0.25) is 5.95 Å². The lowest BCUT2D eigenvalue weighted by molar-refractivity contribution is 0.318. The van der Waals surface area contributed by atoms with Crippen molar-refractivity contribution in [3.8, 4) is 23.0 Å². The van der Waals surface area contributed by atoms with Crippen molar-refractivity contribution >= 4 is 5.84 Å². The summed E-state index contributed by atoms with van der Waals surface area (Å²) in [6.45, 7) is 4.57. The Kier molecular flexibility index (Phi) is 8.67. The molecular formula is C31H35N7O3. The molecule has 1 aliphatic carbocycles. The van der Waals surface area contributed by atoms with E-state index < -0.39 is 0 Å². The van der Waals surface area contributed by atoms with Crippen LogP contribution in [0.2, 0.25) is 0 Å². The van der Waals surface area contributed by atoms with E-state index in [0.29, 0.717) is 41.5 Å². The predicted molar refractivity (Wildman–Crippen MR) is 157 cm³/mol. The molecule has 3 heterocycles. The van der Waals surface area contributed by atoms with Crippen LogP contribution >= 0.6 is 0 Å². The number of rotatable bonds is 12. The van der Waals surface area contributed by atoms with Gasteiger partial charge in [0, 0.05) is 35.2 Å². The molecule has 1 aromatic carbocycles. The standard InChI is InChI=1S/C31H35N7O3/c1-3-5-6-11-27-25(16-20-12-15-26(33-17-20)23-9-7-8-10-24(23)28(32)37-40)30(39)38(29(36-27)21-13-14-21)31-34-18-22(19-35-31)41-4-2/h7-10,12,15,17-19,21,40H,3-6,11,13-14,16H2,1-2H3,(H2,32,37). The molecule has 4 aromatic rings. The minimum Gasteiger partial charge on any atom is -0.491 e. The van der Waals surface area contributed by atoms with E-state index in [1.807, 2.05) is 37.3 Å². The van der Waals surface area contributed by atoms with E-state index in [9.17, 15) is 10.0 Å². The molecule has 1 saturated carbocycles. The number of oxime groups is 1. The van der Waals surface area contributed by atoms with Crippen LogP contribution in [0.15, 0.2) is 64.9 Å². The molecule has 10 heteroatoms. The molecule has 5 rings (SSSR count). The number of benzene rings is 1. The van der Waals surface area contributed by atoms with Crippen LogP contribution in [0.4, 0.5) is 0 Å². The second kappa shape index (κ2) is 12.7. The normalized spacial score (nSPS) is 13.4. The first-order valence-electron chi connectivity index (χ1n) is 14.2. The zero-order valence-corrected chi connectivity index (χ0v) is 23.5. The lowest BCUT2D eigenvalue weighted by atomic mass is 10.00. The van der Waals surface area contributed by atoms with E-state index in [1.165, 1.54) is 0 Å². The van der Waals surface area contributed by atoms with Gasteiger partial charge in [0.25, 0.3) is 5.56 Å². The van der Waals surface area contributed by atoms with Gasteiger partial charge in [-0.05, 0) is 44.2 Å². The second-order valence-corrected chi connectivity index (χ2v) is 10.2. The summed E-state index contributed by atoms with van der Waals surface area (Å²) < 4.78 is 7.09. The van der Waals surface area contributed by atoms with Gasteiger partial charge < -0.3 is 15.7 Å². The van der Waals surface area contributed by atoms with Gasteiger partial charge in [-0.1, -0.05) is 55.3 Å². The number of nitrogens with two attached hydrogens (primary N) is 1. The number of amidine groups is 1. The smallest absolute Gasteiger partial charge is 0.264 e. The van der Waals surface area contributed by atoms with E-state index in [-0.39, 0.29) is 17.3 Å². The number of aromatic nitrogens is 5. The monoisotopic (exact) mass is 553 g/mol. The molecule has 10 nitrogen and oxygen atoms in total. The summed E-state index contributed by atoms with van der Waals surface area (Å²) >= 11 is 0. The average Bonchev–Trinajstić information content (AvgIpc) is 3.85. The van der Waals surface area contributed by atoms with Crippen LogP contribution < -0.4 is 16.0 Å². The molecule has 0 spiro atoms. The third-order valence-electron chi connectivity index (χ3n) is 7.17. The lowest BCUT2D eigenvalue weighted by Gasteiger charge is -2.16. The number of pyridine rings is 1. The highest BCUT2D eigenvalue weighted by atomic mass is 16.5. The molecular weight excluding hydrogens is 518 g/mol. The molecule has 0 amide bonds. The maximum atomic E-state index is 14.2. The molecule has 3 aromatic heterocycles. The summed E-state index contributed by atoms with van der Waals surface area (Å²) in [5.74, 6) is 1.85. The first kappa shape index (κ1) is 27.9. The summed E-state index contributed by atoms with van der Waals surface area (Å²) in [5, 5.41) is 12.3. The molecule has 0 radical (unpaired) electrons. The highest BCUT2D eigenvalue weighted by molar-refractivity contribution is 6.02. The van der Waals surface area contributed by atoms with Crippen molar-refractivity contribution < 1.29 is 9.94 Å². The van der Waals surface area contributed by atoms with Crippen molar-refractivity contribution in [1.29, 1.82) is 0 Å².